The lowest BCUT2D eigenvalue weighted by atomic mass is 10.3. The molecular weight excluding hydrogens is 220 g/mol. The van der Waals surface area contributed by atoms with Crippen LogP contribution in [0.1, 0.15) is 38.5 Å². The number of aliphatic hydroxyl groups excluding tert-OH is 1. The topological polar surface area (TPSA) is 67.5 Å². The number of hydrogen-bond donors (Lipinski definition) is 2. The van der Waals surface area contributed by atoms with Crippen LogP contribution >= 0.6 is 0 Å². The molecule has 0 bridgehead atoms. The second-order valence-corrected chi connectivity index (χ2v) is 4.47. The Bertz CT molecular complexity index is 325. The Balaban J connectivity index is 2.25. The van der Waals surface area contributed by atoms with Gasteiger partial charge in [0.25, 0.3) is 0 Å². The fourth-order valence-electron chi connectivity index (χ4n) is 1.33. The highest BCUT2D eigenvalue weighted by molar-refractivity contribution is 4.94. The summed E-state index contributed by atoms with van der Waals surface area (Å²) in [5, 5.41) is 12.8. The standard InChI is InChI=1S/C12H22N2O3/c1-8(2)16-7-11(15)6-13-10(4)12-14-5-9(3)17-12/h5,8,10-11,13,15H,6-7H2,1-4H3. The maximum absolute atomic E-state index is 9.66. The zero-order chi connectivity index (χ0) is 12.8. The third-order valence-electron chi connectivity index (χ3n) is 2.29. The largest absolute Gasteiger partial charge is 0.444 e. The summed E-state index contributed by atoms with van der Waals surface area (Å²) in [5.74, 6) is 1.43. The van der Waals surface area contributed by atoms with Crippen LogP contribution in [0, 0.1) is 6.92 Å². The summed E-state index contributed by atoms with van der Waals surface area (Å²) in [4.78, 5) is 4.13. The molecule has 5 nitrogen and oxygen atoms in total. The molecule has 2 N–H and O–H groups in total. The Hall–Kier alpha value is -0.910. The minimum Gasteiger partial charge on any atom is -0.444 e. The fourth-order valence-corrected chi connectivity index (χ4v) is 1.33. The van der Waals surface area contributed by atoms with Crippen molar-refractivity contribution < 1.29 is 14.3 Å². The smallest absolute Gasteiger partial charge is 0.211 e. The molecule has 0 saturated carbocycles. The van der Waals surface area contributed by atoms with Gasteiger partial charge in [0.1, 0.15) is 5.76 Å². The highest BCUT2D eigenvalue weighted by Crippen LogP contribution is 2.11. The lowest BCUT2D eigenvalue weighted by Gasteiger charge is -2.16. The third kappa shape index (κ3) is 5.30. The first-order chi connectivity index (χ1) is 7.99. The summed E-state index contributed by atoms with van der Waals surface area (Å²) in [7, 11) is 0. The van der Waals surface area contributed by atoms with Crippen molar-refractivity contribution in [1.29, 1.82) is 0 Å². The van der Waals surface area contributed by atoms with Gasteiger partial charge in [0.05, 0.1) is 31.1 Å². The molecule has 0 amide bonds. The molecule has 0 saturated heterocycles. The van der Waals surface area contributed by atoms with Gasteiger partial charge in [-0.25, -0.2) is 4.98 Å². The van der Waals surface area contributed by atoms with Gasteiger partial charge in [0.2, 0.25) is 5.89 Å². The average molecular weight is 242 g/mol. The van der Waals surface area contributed by atoms with Gasteiger partial charge < -0.3 is 19.6 Å². The zero-order valence-corrected chi connectivity index (χ0v) is 10.9. The Morgan fingerprint density at radius 2 is 2.18 bits per heavy atom. The lowest BCUT2D eigenvalue weighted by molar-refractivity contribution is 0.00534. The van der Waals surface area contributed by atoms with E-state index in [0.717, 1.165) is 5.76 Å². The van der Waals surface area contributed by atoms with Crippen LogP contribution in [-0.4, -0.2) is 35.5 Å². The first kappa shape index (κ1) is 14.2. The van der Waals surface area contributed by atoms with E-state index in [0.29, 0.717) is 19.0 Å². The van der Waals surface area contributed by atoms with Gasteiger partial charge in [-0.2, -0.15) is 0 Å². The van der Waals surface area contributed by atoms with Gasteiger partial charge in [-0.3, -0.25) is 0 Å². The summed E-state index contributed by atoms with van der Waals surface area (Å²) in [6.07, 6.45) is 1.30. The Morgan fingerprint density at radius 1 is 1.47 bits per heavy atom. The predicted octanol–water partition coefficient (Wildman–Crippen LogP) is 1.42. The molecular formula is C12H22N2O3. The third-order valence-corrected chi connectivity index (χ3v) is 2.29. The van der Waals surface area contributed by atoms with Crippen LogP contribution in [0.25, 0.3) is 0 Å². The maximum atomic E-state index is 9.66. The molecule has 1 aromatic heterocycles. The van der Waals surface area contributed by atoms with Crippen molar-refractivity contribution in [2.24, 2.45) is 0 Å². The molecule has 0 spiro atoms. The van der Waals surface area contributed by atoms with E-state index >= 15 is 0 Å². The molecule has 0 aromatic carbocycles. The van der Waals surface area contributed by atoms with E-state index in [1.165, 1.54) is 0 Å². The van der Waals surface area contributed by atoms with Crippen molar-refractivity contribution in [2.75, 3.05) is 13.2 Å². The van der Waals surface area contributed by atoms with Crippen LogP contribution < -0.4 is 5.32 Å². The summed E-state index contributed by atoms with van der Waals surface area (Å²) in [5.41, 5.74) is 0. The molecule has 1 rings (SSSR count). The van der Waals surface area contributed by atoms with Crippen molar-refractivity contribution in [3.63, 3.8) is 0 Å². The van der Waals surface area contributed by atoms with Gasteiger partial charge >= 0.3 is 0 Å². The van der Waals surface area contributed by atoms with E-state index in [4.69, 9.17) is 9.15 Å². The van der Waals surface area contributed by atoms with Crippen molar-refractivity contribution in [3.05, 3.63) is 17.8 Å². The normalized spacial score (nSPS) is 15.2. The second-order valence-electron chi connectivity index (χ2n) is 4.47. The van der Waals surface area contributed by atoms with Crippen molar-refractivity contribution in [1.82, 2.24) is 10.3 Å². The van der Waals surface area contributed by atoms with Gasteiger partial charge in [-0.1, -0.05) is 0 Å². The highest BCUT2D eigenvalue weighted by Gasteiger charge is 2.13. The van der Waals surface area contributed by atoms with Crippen molar-refractivity contribution >= 4 is 0 Å². The molecule has 0 aliphatic heterocycles. The predicted molar refractivity (Wildman–Crippen MR) is 64.8 cm³/mol. The Labute approximate surface area is 102 Å². The van der Waals surface area contributed by atoms with Crippen LogP contribution in [0.15, 0.2) is 10.6 Å². The molecule has 98 valence electrons. The molecule has 2 unspecified atom stereocenters. The molecule has 1 heterocycles. The van der Waals surface area contributed by atoms with E-state index in [9.17, 15) is 5.11 Å². The van der Waals surface area contributed by atoms with E-state index < -0.39 is 6.10 Å². The summed E-state index contributed by atoms with van der Waals surface area (Å²) in [6.45, 7) is 8.48. The number of nitrogens with one attached hydrogen (secondary N) is 1. The molecule has 0 radical (unpaired) electrons. The average Bonchev–Trinajstić information content (AvgIpc) is 2.70. The Kier molecular flexibility index (Phi) is 5.61. The molecule has 0 aliphatic carbocycles. The van der Waals surface area contributed by atoms with Crippen LogP contribution in [-0.2, 0) is 4.74 Å². The van der Waals surface area contributed by atoms with E-state index in [2.05, 4.69) is 10.3 Å². The van der Waals surface area contributed by atoms with Crippen LogP contribution in [0.5, 0.6) is 0 Å². The number of hydrogen-bond acceptors (Lipinski definition) is 5. The number of aliphatic hydroxyl groups is 1. The van der Waals surface area contributed by atoms with Crippen LogP contribution in [0.3, 0.4) is 0 Å². The number of aryl methyl sites for hydroxylation is 1. The summed E-state index contributed by atoms with van der Waals surface area (Å²) in [6, 6.07) is -0.0163. The van der Waals surface area contributed by atoms with Crippen molar-refractivity contribution in [3.8, 4) is 0 Å². The quantitative estimate of drug-likeness (QED) is 0.757. The van der Waals surface area contributed by atoms with Gasteiger partial charge in [0, 0.05) is 6.54 Å². The highest BCUT2D eigenvalue weighted by atomic mass is 16.5. The number of aromatic nitrogens is 1. The number of oxazole rings is 1. The van der Waals surface area contributed by atoms with Crippen LogP contribution in [0.2, 0.25) is 0 Å². The number of nitrogens with zero attached hydrogens (tertiary/aromatic N) is 1. The van der Waals surface area contributed by atoms with E-state index in [-0.39, 0.29) is 12.1 Å². The minimum absolute atomic E-state index is 0.0163. The maximum Gasteiger partial charge on any atom is 0.211 e. The zero-order valence-electron chi connectivity index (χ0n) is 10.9. The van der Waals surface area contributed by atoms with Gasteiger partial charge in [-0.15, -0.1) is 0 Å². The first-order valence-electron chi connectivity index (χ1n) is 5.94. The monoisotopic (exact) mass is 242 g/mol. The Morgan fingerprint density at radius 3 is 2.71 bits per heavy atom. The molecule has 0 fully saturated rings. The molecule has 2 atom stereocenters. The molecule has 1 aromatic rings. The molecule has 5 heteroatoms. The molecule has 17 heavy (non-hydrogen) atoms. The van der Waals surface area contributed by atoms with Gasteiger partial charge in [0.15, 0.2) is 0 Å². The van der Waals surface area contributed by atoms with Gasteiger partial charge in [-0.05, 0) is 27.7 Å². The number of rotatable bonds is 7. The number of ether oxygens (including phenoxy) is 1. The van der Waals surface area contributed by atoms with Crippen molar-refractivity contribution in [2.45, 2.75) is 45.9 Å². The fraction of sp³-hybridized carbons (Fsp3) is 0.750. The minimum atomic E-state index is -0.518. The lowest BCUT2D eigenvalue weighted by Crippen LogP contribution is -2.33. The molecule has 0 aliphatic rings. The summed E-state index contributed by atoms with van der Waals surface area (Å²) >= 11 is 0. The second kappa shape index (κ2) is 6.74. The van der Waals surface area contributed by atoms with E-state index in [1.54, 1.807) is 6.20 Å². The SMILES string of the molecule is Cc1cnc(C(C)NCC(O)COC(C)C)o1. The first-order valence-corrected chi connectivity index (χ1v) is 5.94. The summed E-state index contributed by atoms with van der Waals surface area (Å²) < 4.78 is 10.7. The van der Waals surface area contributed by atoms with E-state index in [1.807, 2.05) is 27.7 Å². The van der Waals surface area contributed by atoms with Crippen LogP contribution in [0.4, 0.5) is 0 Å².